The Hall–Kier alpha value is -1.43. The van der Waals surface area contributed by atoms with Crippen LogP contribution in [0.4, 0.5) is 5.13 Å². The van der Waals surface area contributed by atoms with Gasteiger partial charge < -0.3 is 10.1 Å². The molecule has 0 spiro atoms. The van der Waals surface area contributed by atoms with Gasteiger partial charge >= 0.3 is 5.97 Å². The quantitative estimate of drug-likeness (QED) is 0.643. The van der Waals surface area contributed by atoms with Gasteiger partial charge in [-0.25, -0.2) is 9.78 Å². The molecular weight excluding hydrogens is 288 g/mol. The molecule has 1 aliphatic rings. The summed E-state index contributed by atoms with van der Waals surface area (Å²) in [5.41, 5.74) is 0.447. The summed E-state index contributed by atoms with van der Waals surface area (Å²) in [6.07, 6.45) is 6.14. The molecule has 1 aliphatic carbocycles. The minimum atomic E-state index is -0.560. The van der Waals surface area contributed by atoms with Crippen LogP contribution in [0.2, 0.25) is 0 Å². The average molecular weight is 310 g/mol. The molecule has 21 heavy (non-hydrogen) atoms. The molecule has 0 unspecified atom stereocenters. The van der Waals surface area contributed by atoms with Crippen LogP contribution in [0.15, 0.2) is 0 Å². The van der Waals surface area contributed by atoms with Crippen molar-refractivity contribution in [1.82, 2.24) is 4.98 Å². The Bertz CT molecular complexity index is 533. The standard InChI is InChI=1S/C15H22N2O3S/c1-4-15(7-5-6-8-15)9-16-14-17-11(13(19)20-3)12(21-14)10(2)18/h4-9H2,1-3H3,(H,16,17). The van der Waals surface area contributed by atoms with Gasteiger partial charge in [-0.1, -0.05) is 31.1 Å². The Labute approximate surface area is 129 Å². The molecule has 0 bridgehead atoms. The van der Waals surface area contributed by atoms with E-state index in [1.54, 1.807) is 0 Å². The van der Waals surface area contributed by atoms with Crippen LogP contribution in [0.3, 0.4) is 0 Å². The summed E-state index contributed by atoms with van der Waals surface area (Å²) in [4.78, 5) is 27.9. The molecule has 0 saturated heterocycles. The van der Waals surface area contributed by atoms with Crippen molar-refractivity contribution < 1.29 is 14.3 Å². The van der Waals surface area contributed by atoms with E-state index >= 15 is 0 Å². The summed E-state index contributed by atoms with van der Waals surface area (Å²) in [6.45, 7) is 4.50. The number of aromatic nitrogens is 1. The first-order valence-electron chi connectivity index (χ1n) is 7.35. The molecule has 0 atom stereocenters. The number of hydrogen-bond donors (Lipinski definition) is 1. The van der Waals surface area contributed by atoms with Crippen molar-refractivity contribution in [2.75, 3.05) is 19.0 Å². The Kier molecular flexibility index (Phi) is 4.98. The van der Waals surface area contributed by atoms with Crippen LogP contribution in [0, 0.1) is 5.41 Å². The molecule has 1 aromatic heterocycles. The van der Waals surface area contributed by atoms with Crippen molar-refractivity contribution >= 4 is 28.2 Å². The number of nitrogens with zero attached hydrogens (tertiary/aromatic N) is 1. The van der Waals surface area contributed by atoms with Gasteiger partial charge in [-0.3, -0.25) is 4.79 Å². The molecule has 6 heteroatoms. The summed E-state index contributed by atoms with van der Waals surface area (Å²) in [5, 5.41) is 3.95. The lowest BCUT2D eigenvalue weighted by Crippen LogP contribution is -2.25. The highest BCUT2D eigenvalue weighted by molar-refractivity contribution is 7.17. The van der Waals surface area contributed by atoms with Crippen molar-refractivity contribution in [2.24, 2.45) is 5.41 Å². The summed E-state index contributed by atoms with van der Waals surface area (Å²) < 4.78 is 4.68. The molecule has 1 heterocycles. The van der Waals surface area contributed by atoms with Gasteiger partial charge in [0, 0.05) is 13.5 Å². The highest BCUT2D eigenvalue weighted by atomic mass is 32.1. The second-order valence-electron chi connectivity index (χ2n) is 5.66. The van der Waals surface area contributed by atoms with Gasteiger partial charge in [0.15, 0.2) is 16.6 Å². The topological polar surface area (TPSA) is 68.3 Å². The maximum absolute atomic E-state index is 11.7. The molecule has 0 aromatic carbocycles. The monoisotopic (exact) mass is 310 g/mol. The molecule has 116 valence electrons. The van der Waals surface area contributed by atoms with Gasteiger partial charge in [0.1, 0.15) is 4.88 Å². The number of hydrogen-bond acceptors (Lipinski definition) is 6. The zero-order chi connectivity index (χ0) is 15.5. The fourth-order valence-electron chi connectivity index (χ4n) is 2.91. The lowest BCUT2D eigenvalue weighted by molar-refractivity contribution is 0.0591. The largest absolute Gasteiger partial charge is 0.464 e. The highest BCUT2D eigenvalue weighted by Gasteiger charge is 2.32. The second kappa shape index (κ2) is 6.56. The molecule has 1 N–H and O–H groups in total. The first kappa shape index (κ1) is 15.9. The van der Waals surface area contributed by atoms with E-state index in [9.17, 15) is 9.59 Å². The van der Waals surface area contributed by atoms with Gasteiger partial charge in [0.2, 0.25) is 0 Å². The SMILES string of the molecule is CCC1(CNc2nc(C(=O)OC)c(C(C)=O)s2)CCCC1. The smallest absolute Gasteiger partial charge is 0.358 e. The molecular formula is C15H22N2O3S. The molecule has 1 fully saturated rings. The Morgan fingerprint density at radius 3 is 2.57 bits per heavy atom. The third kappa shape index (κ3) is 3.43. The minimum absolute atomic E-state index is 0.120. The van der Waals surface area contributed by atoms with Crippen molar-refractivity contribution in [3.05, 3.63) is 10.6 Å². The van der Waals surface area contributed by atoms with Crippen molar-refractivity contribution in [1.29, 1.82) is 0 Å². The van der Waals surface area contributed by atoms with Gasteiger partial charge in [0.25, 0.3) is 0 Å². The third-order valence-corrected chi connectivity index (χ3v) is 5.47. The summed E-state index contributed by atoms with van der Waals surface area (Å²) in [7, 11) is 1.29. The lowest BCUT2D eigenvalue weighted by atomic mass is 9.83. The van der Waals surface area contributed by atoms with Crippen LogP contribution >= 0.6 is 11.3 Å². The normalized spacial score (nSPS) is 16.7. The molecule has 2 rings (SSSR count). The molecule has 1 saturated carbocycles. The third-order valence-electron chi connectivity index (χ3n) is 4.35. The number of thiazole rings is 1. The number of rotatable bonds is 6. The number of esters is 1. The van der Waals surface area contributed by atoms with E-state index in [2.05, 4.69) is 22.0 Å². The lowest BCUT2D eigenvalue weighted by Gasteiger charge is -2.27. The van der Waals surface area contributed by atoms with E-state index in [4.69, 9.17) is 0 Å². The van der Waals surface area contributed by atoms with Crippen molar-refractivity contribution in [3.63, 3.8) is 0 Å². The number of ketones is 1. The van der Waals surface area contributed by atoms with Gasteiger partial charge in [0.05, 0.1) is 7.11 Å². The Morgan fingerprint density at radius 1 is 1.38 bits per heavy atom. The van der Waals surface area contributed by atoms with Crippen LogP contribution in [-0.4, -0.2) is 30.4 Å². The molecule has 0 amide bonds. The highest BCUT2D eigenvalue weighted by Crippen LogP contribution is 2.41. The number of ether oxygens (including phenoxy) is 1. The molecule has 0 radical (unpaired) electrons. The Balaban J connectivity index is 2.13. The number of anilines is 1. The first-order valence-corrected chi connectivity index (χ1v) is 8.17. The number of nitrogens with one attached hydrogen (secondary N) is 1. The van der Waals surface area contributed by atoms with Crippen LogP contribution in [0.25, 0.3) is 0 Å². The van der Waals surface area contributed by atoms with Crippen LogP contribution in [0.5, 0.6) is 0 Å². The van der Waals surface area contributed by atoms with Gasteiger partial charge in [-0.15, -0.1) is 0 Å². The summed E-state index contributed by atoms with van der Waals surface area (Å²) in [6, 6.07) is 0. The van der Waals surface area contributed by atoms with E-state index in [1.165, 1.54) is 51.1 Å². The van der Waals surface area contributed by atoms with Crippen molar-refractivity contribution in [3.8, 4) is 0 Å². The van der Waals surface area contributed by atoms with E-state index in [-0.39, 0.29) is 11.5 Å². The molecule has 0 aliphatic heterocycles. The van der Waals surface area contributed by atoms with E-state index in [0.29, 0.717) is 15.4 Å². The fraction of sp³-hybridized carbons (Fsp3) is 0.667. The van der Waals surface area contributed by atoms with Crippen molar-refractivity contribution in [2.45, 2.75) is 46.0 Å². The Morgan fingerprint density at radius 2 is 2.05 bits per heavy atom. The fourth-order valence-corrected chi connectivity index (χ4v) is 3.76. The van der Waals surface area contributed by atoms with E-state index in [1.807, 2.05) is 0 Å². The second-order valence-corrected chi connectivity index (χ2v) is 6.66. The first-order chi connectivity index (χ1) is 10.0. The molecule has 5 nitrogen and oxygen atoms in total. The minimum Gasteiger partial charge on any atom is -0.464 e. The molecule has 1 aromatic rings. The maximum atomic E-state index is 11.7. The van der Waals surface area contributed by atoms with Crippen LogP contribution < -0.4 is 5.32 Å². The number of carbonyl (C=O) groups excluding carboxylic acids is 2. The summed E-state index contributed by atoms with van der Waals surface area (Å²) in [5.74, 6) is -0.720. The zero-order valence-corrected chi connectivity index (χ0v) is 13.6. The zero-order valence-electron chi connectivity index (χ0n) is 12.8. The van der Waals surface area contributed by atoms with Crippen LogP contribution in [0.1, 0.15) is 66.1 Å². The van der Waals surface area contributed by atoms with E-state index < -0.39 is 5.97 Å². The predicted molar refractivity (Wildman–Crippen MR) is 83.1 cm³/mol. The van der Waals surface area contributed by atoms with Gasteiger partial charge in [-0.2, -0.15) is 0 Å². The van der Waals surface area contributed by atoms with Crippen LogP contribution in [-0.2, 0) is 4.74 Å². The maximum Gasteiger partial charge on any atom is 0.358 e. The van der Waals surface area contributed by atoms with Gasteiger partial charge in [-0.05, 0) is 24.7 Å². The van der Waals surface area contributed by atoms with E-state index in [0.717, 1.165) is 13.0 Å². The summed E-state index contributed by atoms with van der Waals surface area (Å²) >= 11 is 1.23. The predicted octanol–water partition coefficient (Wildman–Crippen LogP) is 3.51. The number of methoxy groups -OCH3 is 1. The number of carbonyl (C=O) groups is 2. The number of Topliss-reactive ketones (excluding diaryl/α,β-unsaturated/α-hetero) is 1. The average Bonchev–Trinajstić information content (AvgIpc) is 3.11.